The highest BCUT2D eigenvalue weighted by Gasteiger charge is 2.08. The van der Waals surface area contributed by atoms with Crippen LogP contribution in [0.2, 0.25) is 5.02 Å². The van der Waals surface area contributed by atoms with Gasteiger partial charge in [0.2, 0.25) is 0 Å². The van der Waals surface area contributed by atoms with Crippen LogP contribution in [-0.2, 0) is 6.61 Å². The fourth-order valence-electron chi connectivity index (χ4n) is 2.07. The molecule has 0 aliphatic heterocycles. The summed E-state index contributed by atoms with van der Waals surface area (Å²) in [4.78, 5) is 4.19. The molecular formula is C16H12BrClN2O. The van der Waals surface area contributed by atoms with E-state index in [1.54, 1.807) is 12.1 Å². The molecule has 0 fully saturated rings. The molecule has 2 N–H and O–H groups in total. The zero-order chi connectivity index (χ0) is 14.8. The minimum Gasteiger partial charge on any atom is -0.486 e. The van der Waals surface area contributed by atoms with Crippen LogP contribution < -0.4 is 10.5 Å². The van der Waals surface area contributed by atoms with Gasteiger partial charge in [-0.05, 0) is 44.9 Å². The highest BCUT2D eigenvalue weighted by atomic mass is 79.9. The number of hydrogen-bond acceptors (Lipinski definition) is 3. The lowest BCUT2D eigenvalue weighted by molar-refractivity contribution is 0.300. The van der Waals surface area contributed by atoms with E-state index in [1.165, 1.54) is 0 Å². The van der Waals surface area contributed by atoms with Gasteiger partial charge in [-0.1, -0.05) is 41.9 Å². The average molecular weight is 364 g/mol. The first-order chi connectivity index (χ1) is 10.1. The third kappa shape index (κ3) is 2.96. The molecule has 106 valence electrons. The Morgan fingerprint density at radius 1 is 1.10 bits per heavy atom. The number of aromatic nitrogens is 1. The number of nitrogens with zero attached hydrogens (tertiary/aromatic N) is 1. The number of anilines is 1. The van der Waals surface area contributed by atoms with Gasteiger partial charge in [-0.2, -0.15) is 0 Å². The highest BCUT2D eigenvalue weighted by Crippen LogP contribution is 2.33. The van der Waals surface area contributed by atoms with E-state index in [-0.39, 0.29) is 6.61 Å². The number of nitrogen functional groups attached to an aromatic ring is 1. The molecule has 0 saturated heterocycles. The predicted octanol–water partition coefficient (Wildman–Crippen LogP) is 4.81. The Balaban J connectivity index is 1.88. The van der Waals surface area contributed by atoms with Gasteiger partial charge >= 0.3 is 0 Å². The minimum atomic E-state index is 0.265. The van der Waals surface area contributed by atoms with Crippen LogP contribution in [0.3, 0.4) is 0 Å². The van der Waals surface area contributed by atoms with Crippen molar-refractivity contribution in [3.05, 3.63) is 63.7 Å². The smallest absolute Gasteiger partial charge is 0.134 e. The lowest BCUT2D eigenvalue weighted by atomic mass is 10.1. The van der Waals surface area contributed by atoms with E-state index >= 15 is 0 Å². The molecule has 5 heteroatoms. The molecule has 0 spiro atoms. The molecule has 1 heterocycles. The van der Waals surface area contributed by atoms with Crippen LogP contribution in [0.4, 0.5) is 5.82 Å². The Labute approximate surface area is 135 Å². The summed E-state index contributed by atoms with van der Waals surface area (Å²) >= 11 is 9.67. The highest BCUT2D eigenvalue weighted by molar-refractivity contribution is 9.10. The molecule has 0 amide bonds. The normalized spacial score (nSPS) is 10.8. The molecule has 0 bridgehead atoms. The van der Waals surface area contributed by atoms with E-state index in [1.807, 2.05) is 30.3 Å². The van der Waals surface area contributed by atoms with Crippen molar-refractivity contribution in [3.63, 3.8) is 0 Å². The first-order valence-electron chi connectivity index (χ1n) is 6.36. The lowest BCUT2D eigenvalue weighted by Gasteiger charge is -2.11. The van der Waals surface area contributed by atoms with E-state index < -0.39 is 0 Å². The number of nitrogens with two attached hydrogens (primary N) is 1. The molecule has 0 unspecified atom stereocenters. The van der Waals surface area contributed by atoms with Gasteiger partial charge in [-0.3, -0.25) is 0 Å². The molecule has 0 atom stereocenters. The van der Waals surface area contributed by atoms with Crippen molar-refractivity contribution in [3.8, 4) is 5.75 Å². The van der Waals surface area contributed by atoms with Crippen molar-refractivity contribution in [2.75, 3.05) is 5.73 Å². The molecule has 0 radical (unpaired) electrons. The summed E-state index contributed by atoms with van der Waals surface area (Å²) in [5, 5.41) is 2.79. The average Bonchev–Trinajstić information content (AvgIpc) is 2.50. The molecule has 21 heavy (non-hydrogen) atoms. The predicted molar refractivity (Wildman–Crippen MR) is 89.6 cm³/mol. The molecule has 3 rings (SSSR count). The SMILES string of the molecule is Nc1ccc(Cl)c(COc2ccc3ccccc3c2Br)n1. The molecule has 3 nitrogen and oxygen atoms in total. The second-order valence-corrected chi connectivity index (χ2v) is 5.75. The third-order valence-electron chi connectivity index (χ3n) is 3.13. The van der Waals surface area contributed by atoms with Gasteiger partial charge in [0, 0.05) is 0 Å². The van der Waals surface area contributed by atoms with Crippen molar-refractivity contribution >= 4 is 44.1 Å². The molecular weight excluding hydrogens is 352 g/mol. The largest absolute Gasteiger partial charge is 0.486 e. The second-order valence-electron chi connectivity index (χ2n) is 4.55. The fourth-order valence-corrected chi connectivity index (χ4v) is 2.84. The van der Waals surface area contributed by atoms with E-state index in [0.29, 0.717) is 16.5 Å². The Kier molecular flexibility index (Phi) is 3.99. The van der Waals surface area contributed by atoms with Crippen LogP contribution in [0.5, 0.6) is 5.75 Å². The van der Waals surface area contributed by atoms with E-state index in [0.717, 1.165) is 21.0 Å². The Morgan fingerprint density at radius 3 is 2.76 bits per heavy atom. The monoisotopic (exact) mass is 362 g/mol. The Morgan fingerprint density at radius 2 is 1.90 bits per heavy atom. The van der Waals surface area contributed by atoms with E-state index in [2.05, 4.69) is 27.0 Å². The molecule has 1 aromatic heterocycles. The van der Waals surface area contributed by atoms with Crippen LogP contribution in [0, 0.1) is 0 Å². The molecule has 2 aromatic carbocycles. The summed E-state index contributed by atoms with van der Waals surface area (Å²) in [5.74, 6) is 1.17. The number of fused-ring (bicyclic) bond motifs is 1. The summed E-state index contributed by atoms with van der Waals surface area (Å²) in [7, 11) is 0. The van der Waals surface area contributed by atoms with E-state index in [4.69, 9.17) is 22.1 Å². The second kappa shape index (κ2) is 5.92. The van der Waals surface area contributed by atoms with Crippen molar-refractivity contribution in [2.45, 2.75) is 6.61 Å². The Bertz CT molecular complexity index is 807. The fraction of sp³-hybridized carbons (Fsp3) is 0.0625. The van der Waals surface area contributed by atoms with Gasteiger partial charge in [-0.25, -0.2) is 4.98 Å². The van der Waals surface area contributed by atoms with Gasteiger partial charge in [0.25, 0.3) is 0 Å². The number of pyridine rings is 1. The summed E-state index contributed by atoms with van der Waals surface area (Å²) in [6.07, 6.45) is 0. The summed E-state index contributed by atoms with van der Waals surface area (Å²) in [5.41, 5.74) is 6.29. The van der Waals surface area contributed by atoms with Gasteiger partial charge in [0.05, 0.1) is 15.2 Å². The molecule has 3 aromatic rings. The first-order valence-corrected chi connectivity index (χ1v) is 7.53. The van der Waals surface area contributed by atoms with Crippen molar-refractivity contribution < 1.29 is 4.74 Å². The maximum Gasteiger partial charge on any atom is 0.134 e. The maximum absolute atomic E-state index is 6.09. The number of rotatable bonds is 3. The minimum absolute atomic E-state index is 0.265. The summed E-state index contributed by atoms with van der Waals surface area (Å²) in [6, 6.07) is 15.4. The molecule has 0 aliphatic carbocycles. The zero-order valence-electron chi connectivity index (χ0n) is 11.0. The number of halogens is 2. The number of hydrogen-bond donors (Lipinski definition) is 1. The van der Waals surface area contributed by atoms with Crippen LogP contribution in [0.1, 0.15) is 5.69 Å². The topological polar surface area (TPSA) is 48.1 Å². The standard InChI is InChI=1S/C16H12BrClN2O/c17-16-11-4-2-1-3-10(11)5-7-14(16)21-9-13-12(18)6-8-15(19)20-13/h1-8H,9H2,(H2,19,20). The number of benzene rings is 2. The van der Waals surface area contributed by atoms with Crippen molar-refractivity contribution in [1.82, 2.24) is 4.98 Å². The maximum atomic E-state index is 6.09. The van der Waals surface area contributed by atoms with Gasteiger partial charge in [-0.15, -0.1) is 0 Å². The van der Waals surface area contributed by atoms with Crippen molar-refractivity contribution in [2.24, 2.45) is 0 Å². The zero-order valence-corrected chi connectivity index (χ0v) is 13.4. The van der Waals surface area contributed by atoms with Crippen LogP contribution >= 0.6 is 27.5 Å². The number of ether oxygens (including phenoxy) is 1. The van der Waals surface area contributed by atoms with Crippen LogP contribution in [0.15, 0.2) is 53.0 Å². The lowest BCUT2D eigenvalue weighted by Crippen LogP contribution is -2.02. The van der Waals surface area contributed by atoms with Crippen molar-refractivity contribution in [1.29, 1.82) is 0 Å². The van der Waals surface area contributed by atoms with Crippen LogP contribution in [-0.4, -0.2) is 4.98 Å². The Hall–Kier alpha value is -1.78. The molecule has 0 saturated carbocycles. The third-order valence-corrected chi connectivity index (χ3v) is 4.29. The molecule has 0 aliphatic rings. The van der Waals surface area contributed by atoms with Gasteiger partial charge < -0.3 is 10.5 Å². The van der Waals surface area contributed by atoms with Crippen LogP contribution in [0.25, 0.3) is 10.8 Å². The summed E-state index contributed by atoms with van der Waals surface area (Å²) in [6.45, 7) is 0.265. The quantitative estimate of drug-likeness (QED) is 0.726. The summed E-state index contributed by atoms with van der Waals surface area (Å²) < 4.78 is 6.73. The first kappa shape index (κ1) is 14.2. The van der Waals surface area contributed by atoms with E-state index in [9.17, 15) is 0 Å². The van der Waals surface area contributed by atoms with Gasteiger partial charge in [0.15, 0.2) is 0 Å². The van der Waals surface area contributed by atoms with Gasteiger partial charge in [0.1, 0.15) is 18.2 Å².